The van der Waals surface area contributed by atoms with Crippen molar-refractivity contribution in [2.75, 3.05) is 11.2 Å². The highest BCUT2D eigenvalue weighted by Crippen LogP contribution is 2.42. The summed E-state index contributed by atoms with van der Waals surface area (Å²) in [4.78, 5) is 16.1. The molecule has 0 aromatic heterocycles. The summed E-state index contributed by atoms with van der Waals surface area (Å²) < 4.78 is 0. The van der Waals surface area contributed by atoms with Crippen molar-refractivity contribution in [2.45, 2.75) is 4.90 Å². The Hall–Kier alpha value is -2.49. The maximum atomic E-state index is 13.2. The summed E-state index contributed by atoms with van der Waals surface area (Å²) in [7, 11) is 0. The summed E-state index contributed by atoms with van der Waals surface area (Å²) in [5.74, 6) is -0.0275. The number of benzene rings is 3. The van der Waals surface area contributed by atoms with Crippen molar-refractivity contribution in [2.24, 2.45) is 0 Å². The van der Waals surface area contributed by atoms with E-state index in [1.807, 2.05) is 73.0 Å². The second kappa shape index (κ2) is 7.02. The summed E-state index contributed by atoms with van der Waals surface area (Å²) in [6.45, 7) is 0. The molecule has 128 valence electrons. The molecule has 0 atom stereocenters. The number of hydrogen-bond acceptors (Lipinski definition) is 2. The van der Waals surface area contributed by atoms with E-state index < -0.39 is 0 Å². The molecule has 1 heterocycles. The molecule has 0 saturated carbocycles. The minimum absolute atomic E-state index is 0.0275. The normalized spacial score (nSPS) is 14.8. The number of amides is 1. The van der Waals surface area contributed by atoms with E-state index in [4.69, 9.17) is 11.6 Å². The van der Waals surface area contributed by atoms with E-state index in [9.17, 15) is 4.79 Å². The zero-order valence-electron chi connectivity index (χ0n) is 14.1. The van der Waals surface area contributed by atoms with E-state index in [-0.39, 0.29) is 5.91 Å². The maximum absolute atomic E-state index is 13.2. The van der Waals surface area contributed by atoms with Crippen LogP contribution in [0.15, 0.2) is 77.7 Å². The quantitative estimate of drug-likeness (QED) is 0.505. The van der Waals surface area contributed by atoms with Crippen molar-refractivity contribution in [1.82, 2.24) is 0 Å². The number of rotatable bonds is 3. The van der Waals surface area contributed by atoms with Gasteiger partial charge in [-0.2, -0.15) is 0 Å². The first kappa shape index (κ1) is 17.0. The van der Waals surface area contributed by atoms with Gasteiger partial charge < -0.3 is 0 Å². The molecule has 3 aromatic rings. The summed E-state index contributed by atoms with van der Waals surface area (Å²) in [5, 5.41) is 0.621. The number of thioether (sulfide) groups is 1. The number of carbonyl (C=O) groups is 1. The molecule has 0 spiro atoms. The van der Waals surface area contributed by atoms with Crippen LogP contribution in [0.2, 0.25) is 5.02 Å². The first-order valence-corrected chi connectivity index (χ1v) is 9.83. The van der Waals surface area contributed by atoms with E-state index in [0.29, 0.717) is 10.6 Å². The Morgan fingerprint density at radius 2 is 1.65 bits per heavy atom. The van der Waals surface area contributed by atoms with Gasteiger partial charge in [-0.15, -0.1) is 11.8 Å². The van der Waals surface area contributed by atoms with Gasteiger partial charge >= 0.3 is 0 Å². The van der Waals surface area contributed by atoms with Crippen LogP contribution in [0.5, 0.6) is 0 Å². The Morgan fingerprint density at radius 3 is 2.42 bits per heavy atom. The number of hydrogen-bond donors (Lipinski definition) is 0. The van der Waals surface area contributed by atoms with E-state index >= 15 is 0 Å². The van der Waals surface area contributed by atoms with E-state index in [2.05, 4.69) is 0 Å². The third-order valence-electron chi connectivity index (χ3n) is 4.36. The minimum atomic E-state index is -0.0275. The first-order valence-electron chi connectivity index (χ1n) is 8.23. The Morgan fingerprint density at radius 1 is 0.923 bits per heavy atom. The molecule has 0 fully saturated rings. The summed E-state index contributed by atoms with van der Waals surface area (Å²) in [6.07, 6.45) is 4.06. The SMILES string of the molecule is CSc1ccccc1N1C(=O)c2ccc(Cl)cc2C1=Cc1ccccc1. The lowest BCUT2D eigenvalue weighted by Crippen LogP contribution is -2.22. The van der Waals surface area contributed by atoms with Gasteiger partial charge in [0.05, 0.1) is 11.4 Å². The fourth-order valence-corrected chi connectivity index (χ4v) is 3.92. The van der Waals surface area contributed by atoms with E-state index in [1.54, 1.807) is 28.8 Å². The molecule has 26 heavy (non-hydrogen) atoms. The standard InChI is InChI=1S/C22H16ClNOS/c1-26-21-10-6-5-9-19(21)24-20(13-15-7-3-2-4-8-15)18-14-16(23)11-12-17(18)22(24)25/h2-14H,1H3. The molecule has 3 aromatic carbocycles. The third kappa shape index (κ3) is 2.94. The molecule has 0 N–H and O–H groups in total. The number of anilines is 1. The minimum Gasteiger partial charge on any atom is -0.275 e. The molecule has 4 rings (SSSR count). The summed E-state index contributed by atoms with van der Waals surface area (Å²) in [6, 6.07) is 23.4. The van der Waals surface area contributed by atoms with E-state index in [1.165, 1.54) is 0 Å². The smallest absolute Gasteiger partial charge is 0.263 e. The zero-order valence-corrected chi connectivity index (χ0v) is 15.7. The Bertz CT molecular complexity index is 1010. The average Bonchev–Trinajstić information content (AvgIpc) is 2.93. The highest BCUT2D eigenvalue weighted by Gasteiger charge is 2.34. The zero-order chi connectivity index (χ0) is 18.1. The predicted molar refractivity (Wildman–Crippen MR) is 111 cm³/mol. The fourth-order valence-electron chi connectivity index (χ4n) is 3.17. The van der Waals surface area contributed by atoms with Gasteiger partial charge in [0.2, 0.25) is 0 Å². The summed E-state index contributed by atoms with van der Waals surface area (Å²) in [5.41, 5.74) is 4.31. The van der Waals surface area contributed by atoms with Gasteiger partial charge in [-0.1, -0.05) is 54.1 Å². The Kier molecular flexibility index (Phi) is 4.58. The molecule has 2 nitrogen and oxygen atoms in total. The molecule has 4 heteroatoms. The van der Waals surface area contributed by atoms with Crippen LogP contribution in [0.1, 0.15) is 21.5 Å². The van der Waals surface area contributed by atoms with Gasteiger partial charge in [0.15, 0.2) is 0 Å². The predicted octanol–water partition coefficient (Wildman–Crippen LogP) is 6.22. The van der Waals surface area contributed by atoms with Crippen molar-refractivity contribution in [3.63, 3.8) is 0 Å². The molecular formula is C22H16ClNOS. The molecule has 1 aliphatic rings. The van der Waals surface area contributed by atoms with Gasteiger partial charge in [-0.3, -0.25) is 9.69 Å². The van der Waals surface area contributed by atoms with Crippen molar-refractivity contribution in [3.05, 3.63) is 94.5 Å². The fraction of sp³-hybridized carbons (Fsp3) is 0.0455. The van der Waals surface area contributed by atoms with Crippen LogP contribution in [-0.2, 0) is 0 Å². The number of carbonyl (C=O) groups excluding carboxylic acids is 1. The lowest BCUT2D eigenvalue weighted by molar-refractivity contribution is 0.101. The van der Waals surface area contributed by atoms with Crippen molar-refractivity contribution < 1.29 is 4.79 Å². The second-order valence-electron chi connectivity index (χ2n) is 5.94. The van der Waals surface area contributed by atoms with Crippen LogP contribution in [-0.4, -0.2) is 12.2 Å². The topological polar surface area (TPSA) is 20.3 Å². The highest BCUT2D eigenvalue weighted by atomic mass is 35.5. The molecule has 0 bridgehead atoms. The van der Waals surface area contributed by atoms with Crippen LogP contribution in [0.3, 0.4) is 0 Å². The number of para-hydroxylation sites is 1. The Labute approximate surface area is 162 Å². The summed E-state index contributed by atoms with van der Waals surface area (Å²) >= 11 is 7.86. The first-order chi connectivity index (χ1) is 12.7. The molecule has 0 unspecified atom stereocenters. The van der Waals surface area contributed by atoms with Gasteiger partial charge in [-0.25, -0.2) is 0 Å². The molecule has 0 radical (unpaired) electrons. The van der Waals surface area contributed by atoms with Gasteiger partial charge in [0, 0.05) is 21.0 Å². The number of halogens is 1. The highest BCUT2D eigenvalue weighted by molar-refractivity contribution is 7.98. The lowest BCUT2D eigenvalue weighted by atomic mass is 10.1. The monoisotopic (exact) mass is 377 g/mol. The maximum Gasteiger partial charge on any atom is 0.263 e. The molecule has 0 aliphatic carbocycles. The van der Waals surface area contributed by atoms with Crippen LogP contribution in [0, 0.1) is 0 Å². The second-order valence-corrected chi connectivity index (χ2v) is 7.23. The molecule has 0 saturated heterocycles. The van der Waals surface area contributed by atoms with Gasteiger partial charge in [0.1, 0.15) is 0 Å². The lowest BCUT2D eigenvalue weighted by Gasteiger charge is -2.21. The van der Waals surface area contributed by atoms with Crippen LogP contribution >= 0.6 is 23.4 Å². The number of fused-ring (bicyclic) bond motifs is 1. The van der Waals surface area contributed by atoms with Gasteiger partial charge in [0.25, 0.3) is 5.91 Å². The molecule has 1 amide bonds. The van der Waals surface area contributed by atoms with Crippen molar-refractivity contribution in [3.8, 4) is 0 Å². The van der Waals surface area contributed by atoms with Crippen LogP contribution in [0.25, 0.3) is 11.8 Å². The molecule has 1 aliphatic heterocycles. The average molecular weight is 378 g/mol. The number of nitrogens with zero attached hydrogens (tertiary/aromatic N) is 1. The van der Waals surface area contributed by atoms with E-state index in [0.717, 1.165) is 27.4 Å². The largest absolute Gasteiger partial charge is 0.275 e. The van der Waals surface area contributed by atoms with Crippen molar-refractivity contribution in [1.29, 1.82) is 0 Å². The van der Waals surface area contributed by atoms with Crippen LogP contribution < -0.4 is 4.90 Å². The Balaban J connectivity index is 1.95. The van der Waals surface area contributed by atoms with Gasteiger partial charge in [-0.05, 0) is 48.2 Å². The third-order valence-corrected chi connectivity index (χ3v) is 5.38. The molecular weight excluding hydrogens is 362 g/mol. The van der Waals surface area contributed by atoms with Crippen LogP contribution in [0.4, 0.5) is 5.69 Å². The van der Waals surface area contributed by atoms with Crippen molar-refractivity contribution >= 4 is 46.7 Å².